The van der Waals surface area contributed by atoms with Gasteiger partial charge >= 0.3 is 0 Å². The summed E-state index contributed by atoms with van der Waals surface area (Å²) in [5.74, 6) is -0.924. The fourth-order valence-electron chi connectivity index (χ4n) is 5.68. The smallest absolute Gasteiger partial charge is 0.196 e. The lowest BCUT2D eigenvalue weighted by molar-refractivity contribution is 0.103. The third-order valence-corrected chi connectivity index (χ3v) is 10.2. The van der Waals surface area contributed by atoms with Crippen molar-refractivity contribution in [3.05, 3.63) is 130 Å². The quantitative estimate of drug-likeness (QED) is 0.155. The third-order valence-electron chi connectivity index (χ3n) is 8.31. The highest BCUT2D eigenvalue weighted by atomic mass is 31.1. The van der Waals surface area contributed by atoms with Gasteiger partial charge in [0, 0.05) is 34.0 Å². The zero-order valence-electron chi connectivity index (χ0n) is 24.2. The Kier molecular flexibility index (Phi) is 9.30. The first-order valence-electron chi connectivity index (χ1n) is 14.6. The lowest BCUT2D eigenvalue weighted by atomic mass is 9.88. The molecule has 0 saturated carbocycles. The second-order valence-electron chi connectivity index (χ2n) is 11.3. The van der Waals surface area contributed by atoms with Crippen LogP contribution in [0.2, 0.25) is 0 Å². The average Bonchev–Trinajstić information content (AvgIpc) is 3.03. The molecule has 0 radical (unpaired) electrons. The number of phenolic OH excluding ortho intramolecular Hbond substituents is 1. The normalized spacial score (nSPS) is 15.5. The molecule has 0 aliphatic carbocycles. The Morgan fingerprint density at radius 3 is 2.07 bits per heavy atom. The Morgan fingerprint density at radius 2 is 1.45 bits per heavy atom. The van der Waals surface area contributed by atoms with Gasteiger partial charge in [0.05, 0.1) is 5.56 Å². The van der Waals surface area contributed by atoms with E-state index >= 15 is 0 Å². The molecule has 1 aliphatic rings. The lowest BCUT2D eigenvalue weighted by Crippen LogP contribution is -2.31. The van der Waals surface area contributed by atoms with Crippen molar-refractivity contribution >= 4 is 25.5 Å². The van der Waals surface area contributed by atoms with Crippen molar-refractivity contribution in [2.75, 3.05) is 13.1 Å². The van der Waals surface area contributed by atoms with Crippen molar-refractivity contribution in [3.8, 4) is 5.75 Å². The fourth-order valence-corrected chi connectivity index (χ4v) is 7.25. The van der Waals surface area contributed by atoms with Gasteiger partial charge in [0.1, 0.15) is 11.6 Å². The van der Waals surface area contributed by atoms with Gasteiger partial charge in [0.15, 0.2) is 11.6 Å². The average molecular weight is 582 g/mol. The summed E-state index contributed by atoms with van der Waals surface area (Å²) in [4.78, 5) is 29.7. The second-order valence-corrected chi connectivity index (χ2v) is 13.2. The molecule has 1 saturated heterocycles. The molecule has 4 aromatic carbocycles. The van der Waals surface area contributed by atoms with Gasteiger partial charge in [-0.2, -0.15) is 0 Å². The summed E-state index contributed by atoms with van der Waals surface area (Å²) in [7, 11) is 0.176. The van der Waals surface area contributed by atoms with E-state index in [0.29, 0.717) is 35.2 Å². The molecule has 4 aromatic rings. The number of halogens is 1. The highest BCUT2D eigenvalue weighted by Crippen LogP contribution is 2.49. The van der Waals surface area contributed by atoms with Crippen LogP contribution >= 0.6 is 8.58 Å². The van der Waals surface area contributed by atoms with Crippen LogP contribution in [0.3, 0.4) is 0 Å². The van der Waals surface area contributed by atoms with E-state index in [4.69, 9.17) is 0 Å². The Bertz CT molecular complexity index is 1570. The number of hydrogen-bond acceptors (Lipinski definition) is 4. The van der Waals surface area contributed by atoms with E-state index in [-0.39, 0.29) is 37.3 Å². The molecule has 5 rings (SSSR count). The summed E-state index contributed by atoms with van der Waals surface area (Å²) >= 11 is 0. The monoisotopic (exact) mass is 581 g/mol. The van der Waals surface area contributed by atoms with Crippen LogP contribution in [-0.2, 0) is 11.7 Å². The molecule has 1 heterocycles. The maximum absolute atomic E-state index is 14.5. The second kappa shape index (κ2) is 13.1. The van der Waals surface area contributed by atoms with Crippen LogP contribution in [0.5, 0.6) is 5.75 Å². The summed E-state index contributed by atoms with van der Waals surface area (Å²) < 4.78 is 14.5. The van der Waals surface area contributed by atoms with Crippen LogP contribution in [0.15, 0.2) is 91.0 Å². The first kappa shape index (κ1) is 29.8. The van der Waals surface area contributed by atoms with Crippen LogP contribution in [0, 0.1) is 5.82 Å². The summed E-state index contributed by atoms with van der Waals surface area (Å²) in [5.41, 5.74) is 2.91. The Morgan fingerprint density at radius 1 is 0.833 bits per heavy atom. The van der Waals surface area contributed by atoms with E-state index in [1.165, 1.54) is 18.6 Å². The fraction of sp³-hybridized carbons (Fsp3) is 0.278. The molecular weight excluding hydrogens is 544 g/mol. The molecule has 2 atom stereocenters. The van der Waals surface area contributed by atoms with Gasteiger partial charge in [-0.05, 0) is 67.5 Å². The lowest BCUT2D eigenvalue weighted by Gasteiger charge is -2.33. The molecule has 0 spiro atoms. The number of carbonyl (C=O) groups excluding carboxylic acids is 2. The van der Waals surface area contributed by atoms with Crippen molar-refractivity contribution in [1.29, 1.82) is 0 Å². The number of benzene rings is 4. The first-order chi connectivity index (χ1) is 20.3. The predicted molar refractivity (Wildman–Crippen MR) is 169 cm³/mol. The van der Waals surface area contributed by atoms with E-state index < -0.39 is 5.16 Å². The predicted octanol–water partition coefficient (Wildman–Crippen LogP) is 7.61. The minimum atomic E-state index is -0.614. The number of phenols is 1. The Labute approximate surface area is 249 Å². The molecule has 0 bridgehead atoms. The van der Waals surface area contributed by atoms with E-state index in [2.05, 4.69) is 11.8 Å². The van der Waals surface area contributed by atoms with Gasteiger partial charge in [-0.1, -0.05) is 95.6 Å². The number of nitrogens with zero attached hydrogens (tertiary/aromatic N) is 1. The van der Waals surface area contributed by atoms with Crippen molar-refractivity contribution in [2.24, 2.45) is 0 Å². The Hall–Kier alpha value is -3.66. The summed E-state index contributed by atoms with van der Waals surface area (Å²) in [6.45, 7) is 6.78. The number of piperidine rings is 1. The minimum Gasteiger partial charge on any atom is -0.507 e. The van der Waals surface area contributed by atoms with Crippen LogP contribution in [-0.4, -0.2) is 34.7 Å². The van der Waals surface area contributed by atoms with Gasteiger partial charge in [0.25, 0.3) is 0 Å². The van der Waals surface area contributed by atoms with E-state index in [0.717, 1.165) is 36.8 Å². The van der Waals surface area contributed by atoms with E-state index in [1.807, 2.05) is 25.1 Å². The molecule has 4 nitrogen and oxygen atoms in total. The number of carbonyl (C=O) groups is 2. The van der Waals surface area contributed by atoms with Crippen LogP contribution in [0.1, 0.15) is 82.5 Å². The van der Waals surface area contributed by atoms with Crippen LogP contribution in [0.4, 0.5) is 4.39 Å². The summed E-state index contributed by atoms with van der Waals surface area (Å²) in [6.07, 6.45) is 4.16. The number of hydrogen-bond donors (Lipinski definition) is 1. The number of aromatic hydroxyl groups is 1. The number of likely N-dealkylation sites (tertiary alicyclic amines) is 1. The molecule has 2 unspecified atom stereocenters. The van der Waals surface area contributed by atoms with Gasteiger partial charge < -0.3 is 5.11 Å². The molecule has 216 valence electrons. The first-order valence-corrected chi connectivity index (χ1v) is 15.6. The van der Waals surface area contributed by atoms with Crippen molar-refractivity contribution in [1.82, 2.24) is 4.90 Å². The SMILES string of the molecule is CCC(C)(Pc1ccc(F)cc1CN1CCCCC1)c1cc(C(=O)c2ccccc2)cc(C(=O)c2ccccc2)c1O. The number of ketones is 2. The minimum absolute atomic E-state index is 0.106. The standard InChI is InChI=1S/C36H37FNO3P/c1-3-36(2,42-32-18-17-29(37)21-28(32)24-38-19-11-6-12-20-38)31-23-27(33(39)25-13-7-4-8-14-25)22-30(35(31)41)34(40)26-15-9-5-10-16-26/h4-5,7-10,13-18,21-23,41-42H,3,6,11-12,19-20,24H2,1-2H3. The van der Waals surface area contributed by atoms with E-state index in [9.17, 15) is 19.1 Å². The third kappa shape index (κ3) is 6.53. The van der Waals surface area contributed by atoms with E-state index in [1.54, 1.807) is 60.7 Å². The highest BCUT2D eigenvalue weighted by molar-refractivity contribution is 7.48. The molecule has 0 amide bonds. The van der Waals surface area contributed by atoms with Crippen LogP contribution in [0.25, 0.3) is 0 Å². The maximum Gasteiger partial charge on any atom is 0.196 e. The number of rotatable bonds is 10. The van der Waals surface area contributed by atoms with Gasteiger partial charge in [-0.3, -0.25) is 14.5 Å². The topological polar surface area (TPSA) is 57.6 Å². The molecule has 42 heavy (non-hydrogen) atoms. The molecule has 1 N–H and O–H groups in total. The van der Waals surface area contributed by atoms with Gasteiger partial charge in [-0.25, -0.2) is 4.39 Å². The largest absolute Gasteiger partial charge is 0.507 e. The van der Waals surface area contributed by atoms with Crippen molar-refractivity contribution < 1.29 is 19.1 Å². The maximum atomic E-state index is 14.5. The molecule has 6 heteroatoms. The highest BCUT2D eigenvalue weighted by Gasteiger charge is 2.33. The molecular formula is C36H37FNO3P. The molecule has 1 aliphatic heterocycles. The summed E-state index contributed by atoms with van der Waals surface area (Å²) in [6, 6.07) is 26.0. The van der Waals surface area contributed by atoms with Gasteiger partial charge in [0.2, 0.25) is 0 Å². The van der Waals surface area contributed by atoms with Crippen LogP contribution < -0.4 is 5.30 Å². The summed E-state index contributed by atoms with van der Waals surface area (Å²) in [5, 5.41) is 12.1. The van der Waals surface area contributed by atoms with Crippen molar-refractivity contribution in [3.63, 3.8) is 0 Å². The van der Waals surface area contributed by atoms with Crippen molar-refractivity contribution in [2.45, 2.75) is 51.2 Å². The molecule has 1 fully saturated rings. The van der Waals surface area contributed by atoms with Gasteiger partial charge in [-0.15, -0.1) is 0 Å². The zero-order chi connectivity index (χ0) is 29.7. The zero-order valence-corrected chi connectivity index (χ0v) is 25.2. The Balaban J connectivity index is 1.60. The molecule has 0 aromatic heterocycles.